The summed E-state index contributed by atoms with van der Waals surface area (Å²) in [4.78, 5) is 2.35. The van der Waals surface area contributed by atoms with E-state index in [-0.39, 0.29) is 5.82 Å². The average molecular weight is 286 g/mol. The smallest absolute Gasteiger partial charge is 0.123 e. The van der Waals surface area contributed by atoms with E-state index in [4.69, 9.17) is 5.73 Å². The van der Waals surface area contributed by atoms with E-state index in [1.165, 1.54) is 11.6 Å². The first kappa shape index (κ1) is 15.5. The van der Waals surface area contributed by atoms with Gasteiger partial charge >= 0.3 is 0 Å². The lowest BCUT2D eigenvalue weighted by Gasteiger charge is -2.23. The molecule has 0 radical (unpaired) electrons. The molecule has 0 saturated carbocycles. The van der Waals surface area contributed by atoms with Crippen LogP contribution in [0.15, 0.2) is 42.5 Å². The van der Waals surface area contributed by atoms with Crippen molar-refractivity contribution < 1.29 is 4.39 Å². The van der Waals surface area contributed by atoms with Gasteiger partial charge in [0.2, 0.25) is 0 Å². The number of nitrogens with zero attached hydrogens (tertiary/aromatic N) is 1. The van der Waals surface area contributed by atoms with Gasteiger partial charge < -0.3 is 5.73 Å². The first-order valence-corrected chi connectivity index (χ1v) is 7.41. The van der Waals surface area contributed by atoms with E-state index >= 15 is 0 Å². The molecule has 2 rings (SSSR count). The summed E-state index contributed by atoms with van der Waals surface area (Å²) in [6.07, 6.45) is 1.08. The van der Waals surface area contributed by atoms with E-state index < -0.39 is 0 Å². The van der Waals surface area contributed by atoms with E-state index in [0.29, 0.717) is 0 Å². The van der Waals surface area contributed by atoms with Crippen molar-refractivity contribution in [3.63, 3.8) is 0 Å². The SMILES string of the molecule is CCCN(Cc1ccc(F)cc1C)Cc1ccccc1N. The molecule has 0 aliphatic heterocycles. The number of aryl methyl sites for hydroxylation is 1. The number of nitrogens with two attached hydrogens (primary N) is 1. The first-order valence-electron chi connectivity index (χ1n) is 7.41. The van der Waals surface area contributed by atoms with Gasteiger partial charge in [-0.25, -0.2) is 4.39 Å². The van der Waals surface area contributed by atoms with Crippen LogP contribution in [0.4, 0.5) is 10.1 Å². The number of anilines is 1. The van der Waals surface area contributed by atoms with Crippen molar-refractivity contribution in [1.82, 2.24) is 4.90 Å². The highest BCUT2D eigenvalue weighted by Crippen LogP contribution is 2.18. The molecule has 0 amide bonds. The number of nitrogen functional groups attached to an aromatic ring is 1. The number of rotatable bonds is 6. The highest BCUT2D eigenvalue weighted by Gasteiger charge is 2.10. The van der Waals surface area contributed by atoms with Crippen molar-refractivity contribution in [2.45, 2.75) is 33.4 Å². The van der Waals surface area contributed by atoms with Gasteiger partial charge in [0, 0.05) is 18.8 Å². The molecular formula is C18H23FN2. The van der Waals surface area contributed by atoms with E-state index in [9.17, 15) is 4.39 Å². The molecule has 0 aromatic heterocycles. The summed E-state index contributed by atoms with van der Waals surface area (Å²) < 4.78 is 13.2. The van der Waals surface area contributed by atoms with Crippen LogP contribution in [-0.4, -0.2) is 11.4 Å². The Morgan fingerprint density at radius 1 is 1.05 bits per heavy atom. The zero-order valence-corrected chi connectivity index (χ0v) is 12.8. The van der Waals surface area contributed by atoms with Crippen LogP contribution in [0.1, 0.15) is 30.0 Å². The van der Waals surface area contributed by atoms with Gasteiger partial charge in [0.1, 0.15) is 5.82 Å². The van der Waals surface area contributed by atoms with E-state index in [0.717, 1.165) is 42.9 Å². The van der Waals surface area contributed by atoms with Crippen LogP contribution < -0.4 is 5.73 Å². The van der Waals surface area contributed by atoms with Crippen molar-refractivity contribution >= 4 is 5.69 Å². The normalized spacial score (nSPS) is 11.0. The Labute approximate surface area is 126 Å². The summed E-state index contributed by atoms with van der Waals surface area (Å²) in [6, 6.07) is 13.0. The predicted octanol–water partition coefficient (Wildman–Crippen LogP) is 4.13. The van der Waals surface area contributed by atoms with Crippen LogP contribution >= 0.6 is 0 Å². The lowest BCUT2D eigenvalue weighted by Crippen LogP contribution is -2.24. The number of halogens is 1. The van der Waals surface area contributed by atoms with Crippen molar-refractivity contribution in [2.75, 3.05) is 12.3 Å². The summed E-state index contributed by atoms with van der Waals surface area (Å²) in [6.45, 7) is 6.75. The quantitative estimate of drug-likeness (QED) is 0.809. The van der Waals surface area contributed by atoms with E-state index in [1.54, 1.807) is 6.07 Å². The molecule has 0 aliphatic carbocycles. The largest absolute Gasteiger partial charge is 0.398 e. The summed E-state index contributed by atoms with van der Waals surface area (Å²) in [7, 11) is 0. The minimum absolute atomic E-state index is 0.175. The molecule has 2 nitrogen and oxygen atoms in total. The van der Waals surface area contributed by atoms with Crippen LogP contribution in [0, 0.1) is 12.7 Å². The second kappa shape index (κ2) is 7.23. The molecule has 3 heteroatoms. The Bertz CT molecular complexity index is 596. The maximum Gasteiger partial charge on any atom is 0.123 e. The second-order valence-electron chi connectivity index (χ2n) is 5.48. The van der Waals surface area contributed by atoms with Crippen LogP contribution in [-0.2, 0) is 13.1 Å². The van der Waals surface area contributed by atoms with Gasteiger partial charge in [-0.05, 0) is 54.8 Å². The van der Waals surface area contributed by atoms with Crippen molar-refractivity contribution in [1.29, 1.82) is 0 Å². The standard InChI is InChI=1S/C18H23FN2/c1-3-10-21(13-16-6-4-5-7-18(16)20)12-15-8-9-17(19)11-14(15)2/h4-9,11H,3,10,12-13,20H2,1-2H3. The highest BCUT2D eigenvalue weighted by atomic mass is 19.1. The third kappa shape index (κ3) is 4.30. The van der Waals surface area contributed by atoms with Gasteiger partial charge in [-0.3, -0.25) is 4.90 Å². The number of benzene rings is 2. The Balaban J connectivity index is 2.14. The predicted molar refractivity (Wildman–Crippen MR) is 86.4 cm³/mol. The fraction of sp³-hybridized carbons (Fsp3) is 0.333. The van der Waals surface area contributed by atoms with Gasteiger partial charge in [0.25, 0.3) is 0 Å². The molecule has 2 aromatic carbocycles. The van der Waals surface area contributed by atoms with Crippen LogP contribution in [0.25, 0.3) is 0 Å². The second-order valence-corrected chi connectivity index (χ2v) is 5.48. The van der Waals surface area contributed by atoms with E-state index in [1.807, 2.05) is 31.2 Å². The summed E-state index contributed by atoms with van der Waals surface area (Å²) >= 11 is 0. The Kier molecular flexibility index (Phi) is 5.34. The molecule has 0 unspecified atom stereocenters. The summed E-state index contributed by atoms with van der Waals surface area (Å²) in [5.41, 5.74) is 10.2. The lowest BCUT2D eigenvalue weighted by molar-refractivity contribution is 0.257. The fourth-order valence-electron chi connectivity index (χ4n) is 2.53. The first-order chi connectivity index (χ1) is 10.1. The minimum Gasteiger partial charge on any atom is -0.398 e. The maximum absolute atomic E-state index is 13.2. The minimum atomic E-state index is -0.175. The Morgan fingerprint density at radius 3 is 2.43 bits per heavy atom. The van der Waals surface area contributed by atoms with Gasteiger partial charge in [-0.2, -0.15) is 0 Å². The molecular weight excluding hydrogens is 263 g/mol. The third-order valence-electron chi connectivity index (χ3n) is 3.69. The number of hydrogen-bond acceptors (Lipinski definition) is 2. The van der Waals surface area contributed by atoms with Gasteiger partial charge in [-0.1, -0.05) is 31.2 Å². The van der Waals surface area contributed by atoms with Gasteiger partial charge in [-0.15, -0.1) is 0 Å². The summed E-state index contributed by atoms with van der Waals surface area (Å²) in [5, 5.41) is 0. The molecule has 0 bridgehead atoms. The summed E-state index contributed by atoms with van der Waals surface area (Å²) in [5.74, 6) is -0.175. The molecule has 0 aliphatic rings. The Morgan fingerprint density at radius 2 is 1.76 bits per heavy atom. The van der Waals surface area contributed by atoms with Crippen molar-refractivity contribution in [3.8, 4) is 0 Å². The molecule has 2 N–H and O–H groups in total. The number of para-hydroxylation sites is 1. The van der Waals surface area contributed by atoms with E-state index in [2.05, 4.69) is 17.9 Å². The zero-order valence-electron chi connectivity index (χ0n) is 12.8. The molecule has 0 heterocycles. The van der Waals surface area contributed by atoms with Gasteiger partial charge in [0.15, 0.2) is 0 Å². The zero-order chi connectivity index (χ0) is 15.2. The topological polar surface area (TPSA) is 29.3 Å². The van der Waals surface area contributed by atoms with Crippen LogP contribution in [0.3, 0.4) is 0 Å². The average Bonchev–Trinajstić information content (AvgIpc) is 2.44. The molecule has 112 valence electrons. The van der Waals surface area contributed by atoms with Crippen LogP contribution in [0.5, 0.6) is 0 Å². The maximum atomic E-state index is 13.2. The molecule has 2 aromatic rings. The molecule has 0 atom stereocenters. The molecule has 0 fully saturated rings. The highest BCUT2D eigenvalue weighted by molar-refractivity contribution is 5.46. The molecule has 0 saturated heterocycles. The Hall–Kier alpha value is -1.87. The third-order valence-corrected chi connectivity index (χ3v) is 3.69. The van der Waals surface area contributed by atoms with Crippen molar-refractivity contribution in [2.24, 2.45) is 0 Å². The molecule has 21 heavy (non-hydrogen) atoms. The van der Waals surface area contributed by atoms with Crippen molar-refractivity contribution in [3.05, 3.63) is 65.0 Å². The molecule has 0 spiro atoms. The lowest BCUT2D eigenvalue weighted by atomic mass is 10.1. The van der Waals surface area contributed by atoms with Gasteiger partial charge in [0.05, 0.1) is 0 Å². The monoisotopic (exact) mass is 286 g/mol. The number of hydrogen-bond donors (Lipinski definition) is 1. The van der Waals surface area contributed by atoms with Crippen LogP contribution in [0.2, 0.25) is 0 Å². The fourth-order valence-corrected chi connectivity index (χ4v) is 2.53.